The Bertz CT molecular complexity index is 1250. The van der Waals surface area contributed by atoms with Crippen molar-refractivity contribution in [1.82, 2.24) is 24.4 Å². The molecule has 1 N–H and O–H groups in total. The van der Waals surface area contributed by atoms with Crippen LogP contribution in [-0.4, -0.2) is 62.9 Å². The molecular formula is C26H31F3N6O2. The van der Waals surface area contributed by atoms with Crippen LogP contribution in [0.25, 0.3) is 11.4 Å². The van der Waals surface area contributed by atoms with E-state index in [1.165, 1.54) is 6.07 Å². The number of nitrogens with zero attached hydrogens (tertiary/aromatic N) is 5. The van der Waals surface area contributed by atoms with E-state index < -0.39 is 17.5 Å². The van der Waals surface area contributed by atoms with Crippen LogP contribution in [0.3, 0.4) is 0 Å². The number of hydrogen-bond acceptors (Lipinski definition) is 7. The number of ether oxygens (including phenoxy) is 2. The van der Waals surface area contributed by atoms with E-state index >= 15 is 8.78 Å². The molecule has 5 rings (SSSR count). The predicted molar refractivity (Wildman–Crippen MR) is 132 cm³/mol. The van der Waals surface area contributed by atoms with Crippen molar-refractivity contribution in [2.24, 2.45) is 0 Å². The van der Waals surface area contributed by atoms with E-state index in [4.69, 9.17) is 9.47 Å². The molecule has 1 aromatic carbocycles. The smallest absolute Gasteiger partial charge is 0.228 e. The van der Waals surface area contributed by atoms with E-state index in [0.717, 1.165) is 30.9 Å². The van der Waals surface area contributed by atoms with Crippen molar-refractivity contribution in [3.63, 3.8) is 0 Å². The molecule has 2 fully saturated rings. The van der Waals surface area contributed by atoms with Crippen molar-refractivity contribution >= 4 is 11.6 Å². The molecule has 198 valence electrons. The molecule has 2 atom stereocenters. The second-order valence-corrected chi connectivity index (χ2v) is 9.75. The van der Waals surface area contributed by atoms with Gasteiger partial charge in [-0.25, -0.2) is 28.1 Å². The topological polar surface area (TPSA) is 77.3 Å². The van der Waals surface area contributed by atoms with E-state index in [-0.39, 0.29) is 47.6 Å². The molecule has 0 saturated carbocycles. The maximum absolute atomic E-state index is 15.0. The van der Waals surface area contributed by atoms with Crippen LogP contribution in [0.5, 0.6) is 0 Å². The van der Waals surface area contributed by atoms with Gasteiger partial charge < -0.3 is 19.4 Å². The first-order valence-corrected chi connectivity index (χ1v) is 12.5. The molecule has 2 unspecified atom stereocenters. The maximum atomic E-state index is 15.0. The molecule has 2 saturated heterocycles. The largest absolute Gasteiger partial charge is 0.381 e. The number of nitrogens with one attached hydrogen (secondary N) is 1. The number of aryl methyl sites for hydroxylation is 1. The van der Waals surface area contributed by atoms with E-state index in [0.29, 0.717) is 32.1 Å². The number of aromatic nitrogens is 4. The number of morpholine rings is 1. The fourth-order valence-electron chi connectivity index (χ4n) is 5.11. The third kappa shape index (κ3) is 5.34. The summed E-state index contributed by atoms with van der Waals surface area (Å²) in [5.41, 5.74) is 0.664. The van der Waals surface area contributed by atoms with Gasteiger partial charge in [-0.2, -0.15) is 0 Å². The van der Waals surface area contributed by atoms with Gasteiger partial charge in [0.25, 0.3) is 0 Å². The van der Waals surface area contributed by atoms with Crippen molar-refractivity contribution in [3.05, 3.63) is 53.4 Å². The Balaban J connectivity index is 1.40. The predicted octanol–water partition coefficient (Wildman–Crippen LogP) is 4.77. The molecule has 2 aliphatic heterocycles. The first-order valence-electron chi connectivity index (χ1n) is 12.5. The molecule has 3 aromatic rings. The van der Waals surface area contributed by atoms with Gasteiger partial charge in [0.2, 0.25) is 5.95 Å². The average Bonchev–Trinajstić information content (AvgIpc) is 3.27. The summed E-state index contributed by atoms with van der Waals surface area (Å²) in [6, 6.07) is 2.55. The van der Waals surface area contributed by atoms with Crippen molar-refractivity contribution in [2.75, 3.05) is 31.7 Å². The standard InChI is InChI=1S/C26H31F3N6O2/c1-15-13-37-14-16(2)34(15)12-18-8-21(28)23(9-20(18)27)32-26-31-10-22(29)25(33-26)24-11-30-17(3)35(24)19-4-6-36-7-5-19/h8-11,15-16,19H,4-7,12-14H2,1-3H3,(H,31,32,33). The van der Waals surface area contributed by atoms with Crippen LogP contribution < -0.4 is 5.32 Å². The van der Waals surface area contributed by atoms with Crippen molar-refractivity contribution in [1.29, 1.82) is 0 Å². The highest BCUT2D eigenvalue weighted by atomic mass is 19.1. The summed E-state index contributed by atoms with van der Waals surface area (Å²) >= 11 is 0. The molecule has 0 amide bonds. The van der Waals surface area contributed by atoms with E-state index in [2.05, 4.69) is 25.2 Å². The van der Waals surface area contributed by atoms with Gasteiger partial charge in [-0.1, -0.05) is 0 Å². The molecule has 0 radical (unpaired) electrons. The van der Waals surface area contributed by atoms with Gasteiger partial charge in [-0.15, -0.1) is 0 Å². The van der Waals surface area contributed by atoms with Crippen LogP contribution in [0.2, 0.25) is 0 Å². The van der Waals surface area contributed by atoms with Gasteiger partial charge in [-0.3, -0.25) is 4.90 Å². The zero-order valence-corrected chi connectivity index (χ0v) is 21.2. The Kier molecular flexibility index (Phi) is 7.45. The zero-order chi connectivity index (χ0) is 26.1. The van der Waals surface area contributed by atoms with Crippen LogP contribution in [0.1, 0.15) is 44.1 Å². The molecule has 4 heterocycles. The van der Waals surface area contributed by atoms with Crippen LogP contribution in [0, 0.1) is 24.4 Å². The number of anilines is 2. The SMILES string of the molecule is Cc1ncc(-c2nc(Nc3cc(F)c(CN4C(C)COCC4C)cc3F)ncc2F)n1C1CCOCC1. The van der Waals surface area contributed by atoms with Crippen molar-refractivity contribution in [2.45, 2.75) is 58.3 Å². The highest BCUT2D eigenvalue weighted by Crippen LogP contribution is 2.31. The number of imidazole rings is 1. The molecule has 2 aromatic heterocycles. The highest BCUT2D eigenvalue weighted by Gasteiger charge is 2.27. The van der Waals surface area contributed by atoms with Gasteiger partial charge in [0, 0.05) is 49.5 Å². The summed E-state index contributed by atoms with van der Waals surface area (Å²) in [7, 11) is 0. The van der Waals surface area contributed by atoms with Crippen LogP contribution in [-0.2, 0) is 16.0 Å². The van der Waals surface area contributed by atoms with Gasteiger partial charge in [0.05, 0.1) is 37.0 Å². The summed E-state index contributed by atoms with van der Waals surface area (Å²) in [6.45, 7) is 8.45. The highest BCUT2D eigenvalue weighted by molar-refractivity contribution is 5.60. The van der Waals surface area contributed by atoms with Gasteiger partial charge in [-0.05, 0) is 39.7 Å². The first-order chi connectivity index (χ1) is 17.8. The van der Waals surface area contributed by atoms with Gasteiger partial charge in [0.15, 0.2) is 5.82 Å². The summed E-state index contributed by atoms with van der Waals surface area (Å²) in [4.78, 5) is 14.7. The Hall–Kier alpha value is -3.02. The molecular weight excluding hydrogens is 485 g/mol. The lowest BCUT2D eigenvalue weighted by Crippen LogP contribution is -2.48. The lowest BCUT2D eigenvalue weighted by Gasteiger charge is -2.38. The second-order valence-electron chi connectivity index (χ2n) is 9.75. The molecule has 0 spiro atoms. The fraction of sp³-hybridized carbons (Fsp3) is 0.500. The monoisotopic (exact) mass is 516 g/mol. The van der Waals surface area contributed by atoms with Crippen LogP contribution >= 0.6 is 0 Å². The first kappa shape index (κ1) is 25.6. The van der Waals surface area contributed by atoms with Gasteiger partial charge >= 0.3 is 0 Å². The number of rotatable bonds is 6. The van der Waals surface area contributed by atoms with E-state index in [9.17, 15) is 4.39 Å². The number of benzene rings is 1. The lowest BCUT2D eigenvalue weighted by atomic mass is 10.1. The molecule has 8 nitrogen and oxygen atoms in total. The average molecular weight is 517 g/mol. The van der Waals surface area contributed by atoms with Crippen molar-refractivity contribution in [3.8, 4) is 11.4 Å². The quantitative estimate of drug-likeness (QED) is 0.506. The lowest BCUT2D eigenvalue weighted by molar-refractivity contribution is -0.0413. The summed E-state index contributed by atoms with van der Waals surface area (Å²) in [5, 5.41) is 2.72. The van der Waals surface area contributed by atoms with Crippen LogP contribution in [0.15, 0.2) is 24.5 Å². The molecule has 0 bridgehead atoms. The summed E-state index contributed by atoms with van der Waals surface area (Å²) in [6.07, 6.45) is 4.15. The number of halogens is 3. The van der Waals surface area contributed by atoms with E-state index in [1.54, 1.807) is 6.20 Å². The Morgan fingerprint density at radius 2 is 1.68 bits per heavy atom. The second kappa shape index (κ2) is 10.8. The Morgan fingerprint density at radius 1 is 0.946 bits per heavy atom. The summed E-state index contributed by atoms with van der Waals surface area (Å²) in [5.74, 6) is -1.14. The third-order valence-corrected chi connectivity index (χ3v) is 7.11. The van der Waals surface area contributed by atoms with E-state index in [1.807, 2.05) is 25.3 Å². The molecule has 2 aliphatic rings. The minimum absolute atomic E-state index is 0.0392. The van der Waals surface area contributed by atoms with Crippen LogP contribution in [0.4, 0.5) is 24.8 Å². The third-order valence-electron chi connectivity index (χ3n) is 7.11. The molecule has 0 aliphatic carbocycles. The molecule has 37 heavy (non-hydrogen) atoms. The normalized spacial score (nSPS) is 21.4. The Morgan fingerprint density at radius 3 is 2.41 bits per heavy atom. The van der Waals surface area contributed by atoms with Crippen molar-refractivity contribution < 1.29 is 22.6 Å². The zero-order valence-electron chi connectivity index (χ0n) is 21.2. The maximum Gasteiger partial charge on any atom is 0.228 e. The Labute approximate surface area is 213 Å². The van der Waals surface area contributed by atoms with Gasteiger partial charge in [0.1, 0.15) is 23.2 Å². The fourth-order valence-corrected chi connectivity index (χ4v) is 5.11. The minimum atomic E-state index is -0.650. The number of hydrogen-bond donors (Lipinski definition) is 1. The minimum Gasteiger partial charge on any atom is -0.381 e. The molecule has 11 heteroatoms. The summed E-state index contributed by atoms with van der Waals surface area (Å²) < 4.78 is 57.9.